The van der Waals surface area contributed by atoms with Crippen molar-refractivity contribution in [3.05, 3.63) is 134 Å². The van der Waals surface area contributed by atoms with Gasteiger partial charge in [0.25, 0.3) is 0 Å². The van der Waals surface area contributed by atoms with E-state index < -0.39 is 0 Å². The molecular weight excluding hydrogens is 464 g/mol. The van der Waals surface area contributed by atoms with E-state index in [-0.39, 0.29) is 0 Å². The summed E-state index contributed by atoms with van der Waals surface area (Å²) in [4.78, 5) is 9.23. The number of fused-ring (bicyclic) bond motifs is 7. The Bertz CT molecular complexity index is 2100. The summed E-state index contributed by atoms with van der Waals surface area (Å²) in [5, 5.41) is 3.49. The van der Waals surface area contributed by atoms with E-state index in [4.69, 9.17) is 4.98 Å². The molecule has 0 radical (unpaired) electrons. The third-order valence-electron chi connectivity index (χ3n) is 7.46. The molecule has 0 amide bonds. The zero-order valence-electron chi connectivity index (χ0n) is 20.5. The molecule has 0 fully saturated rings. The van der Waals surface area contributed by atoms with E-state index in [1.807, 2.05) is 30.7 Å². The molecule has 4 heterocycles. The number of rotatable bonds is 3. The zero-order chi connectivity index (χ0) is 25.1. The van der Waals surface area contributed by atoms with Crippen LogP contribution in [0.25, 0.3) is 66.2 Å². The fourth-order valence-electron chi connectivity index (χ4n) is 5.79. The van der Waals surface area contributed by atoms with Crippen LogP contribution in [0.2, 0.25) is 0 Å². The Labute approximate surface area is 219 Å². The van der Waals surface area contributed by atoms with Crippen molar-refractivity contribution in [2.24, 2.45) is 0 Å². The number of nitrogens with zero attached hydrogens (tertiary/aromatic N) is 4. The quantitative estimate of drug-likeness (QED) is 0.252. The predicted molar refractivity (Wildman–Crippen MR) is 156 cm³/mol. The van der Waals surface area contributed by atoms with Gasteiger partial charge in [-0.1, -0.05) is 66.7 Å². The molecule has 0 unspecified atom stereocenters. The van der Waals surface area contributed by atoms with Gasteiger partial charge < -0.3 is 9.13 Å². The maximum absolute atomic E-state index is 5.06. The number of benzene rings is 4. The summed E-state index contributed by atoms with van der Waals surface area (Å²) in [5.74, 6) is 0. The first-order valence-electron chi connectivity index (χ1n) is 12.8. The predicted octanol–water partition coefficient (Wildman–Crippen LogP) is 8.34. The minimum atomic E-state index is 1.01. The minimum absolute atomic E-state index is 1.01. The van der Waals surface area contributed by atoms with Crippen LogP contribution in [0, 0.1) is 0 Å². The second-order valence-electron chi connectivity index (χ2n) is 9.54. The molecule has 8 aromatic rings. The summed E-state index contributed by atoms with van der Waals surface area (Å²) in [6.07, 6.45) is 5.71. The Balaban J connectivity index is 1.52. The van der Waals surface area contributed by atoms with Crippen molar-refractivity contribution >= 4 is 43.7 Å². The topological polar surface area (TPSA) is 35.6 Å². The van der Waals surface area contributed by atoms with E-state index in [2.05, 4.69) is 117 Å². The van der Waals surface area contributed by atoms with Crippen molar-refractivity contribution in [1.29, 1.82) is 0 Å². The van der Waals surface area contributed by atoms with Crippen LogP contribution in [-0.4, -0.2) is 19.1 Å². The first kappa shape index (κ1) is 20.9. The van der Waals surface area contributed by atoms with Crippen LogP contribution in [0.3, 0.4) is 0 Å². The summed E-state index contributed by atoms with van der Waals surface area (Å²) < 4.78 is 4.75. The van der Waals surface area contributed by atoms with Crippen molar-refractivity contribution in [1.82, 2.24) is 19.1 Å². The average molecular weight is 487 g/mol. The number of pyridine rings is 2. The van der Waals surface area contributed by atoms with Gasteiger partial charge in [-0.2, -0.15) is 0 Å². The van der Waals surface area contributed by atoms with Gasteiger partial charge in [0.15, 0.2) is 0 Å². The van der Waals surface area contributed by atoms with Gasteiger partial charge in [0.05, 0.1) is 27.6 Å². The van der Waals surface area contributed by atoms with E-state index in [1.165, 1.54) is 16.5 Å². The van der Waals surface area contributed by atoms with Gasteiger partial charge in [-0.3, -0.25) is 9.97 Å². The Hall–Kier alpha value is -5.22. The molecule has 0 aliphatic heterocycles. The number of hydrogen-bond donors (Lipinski definition) is 0. The molecule has 178 valence electrons. The number of hydrogen-bond acceptors (Lipinski definition) is 2. The largest absolute Gasteiger partial charge is 0.307 e. The highest BCUT2D eigenvalue weighted by atomic mass is 15.1. The second kappa shape index (κ2) is 8.15. The van der Waals surface area contributed by atoms with Crippen molar-refractivity contribution in [2.75, 3.05) is 0 Å². The molecule has 4 heteroatoms. The van der Waals surface area contributed by atoms with E-state index in [0.717, 1.165) is 49.8 Å². The van der Waals surface area contributed by atoms with Crippen molar-refractivity contribution < 1.29 is 0 Å². The zero-order valence-corrected chi connectivity index (χ0v) is 20.5. The minimum Gasteiger partial charge on any atom is -0.307 e. The lowest BCUT2D eigenvalue weighted by molar-refractivity contribution is 1.15. The summed E-state index contributed by atoms with van der Waals surface area (Å²) in [6, 6.07) is 40.7. The Morgan fingerprint density at radius 2 is 1.03 bits per heavy atom. The molecule has 4 nitrogen and oxygen atoms in total. The van der Waals surface area contributed by atoms with E-state index >= 15 is 0 Å². The van der Waals surface area contributed by atoms with Crippen LogP contribution < -0.4 is 0 Å². The lowest BCUT2D eigenvalue weighted by atomic mass is 10.1. The third-order valence-corrected chi connectivity index (χ3v) is 7.46. The van der Waals surface area contributed by atoms with Crippen molar-refractivity contribution in [3.8, 4) is 22.5 Å². The normalized spacial score (nSPS) is 11.7. The second-order valence-corrected chi connectivity index (χ2v) is 9.54. The lowest BCUT2D eigenvalue weighted by Crippen LogP contribution is -1.99. The van der Waals surface area contributed by atoms with E-state index in [1.54, 1.807) is 0 Å². The lowest BCUT2D eigenvalue weighted by Gasteiger charge is -2.12. The monoisotopic (exact) mass is 486 g/mol. The van der Waals surface area contributed by atoms with Gasteiger partial charge >= 0.3 is 0 Å². The van der Waals surface area contributed by atoms with Crippen LogP contribution >= 0.6 is 0 Å². The highest BCUT2D eigenvalue weighted by Crippen LogP contribution is 2.40. The van der Waals surface area contributed by atoms with Crippen LogP contribution in [0.4, 0.5) is 0 Å². The van der Waals surface area contributed by atoms with Crippen LogP contribution in [0.5, 0.6) is 0 Å². The van der Waals surface area contributed by atoms with Crippen LogP contribution in [0.15, 0.2) is 134 Å². The van der Waals surface area contributed by atoms with Gasteiger partial charge in [-0.25, -0.2) is 0 Å². The van der Waals surface area contributed by atoms with Gasteiger partial charge in [0, 0.05) is 46.1 Å². The van der Waals surface area contributed by atoms with Gasteiger partial charge in [-0.05, 0) is 59.7 Å². The number of para-hydroxylation sites is 3. The third kappa shape index (κ3) is 2.98. The highest BCUT2D eigenvalue weighted by Gasteiger charge is 2.21. The number of aromatic nitrogens is 4. The maximum Gasteiger partial charge on any atom is 0.0985 e. The Morgan fingerprint density at radius 1 is 0.447 bits per heavy atom. The molecule has 8 rings (SSSR count). The molecule has 4 aromatic carbocycles. The summed E-state index contributed by atoms with van der Waals surface area (Å²) in [5.41, 5.74) is 10.2. The smallest absolute Gasteiger partial charge is 0.0985 e. The molecule has 0 atom stereocenters. The molecule has 38 heavy (non-hydrogen) atoms. The van der Waals surface area contributed by atoms with Crippen molar-refractivity contribution in [3.63, 3.8) is 0 Å². The summed E-state index contributed by atoms with van der Waals surface area (Å²) in [6.45, 7) is 0. The molecular formula is C34H22N4. The summed E-state index contributed by atoms with van der Waals surface area (Å²) >= 11 is 0. The fourth-order valence-corrected chi connectivity index (χ4v) is 5.79. The molecule has 4 aromatic heterocycles. The van der Waals surface area contributed by atoms with Gasteiger partial charge in [0.1, 0.15) is 0 Å². The average Bonchev–Trinajstić information content (AvgIpc) is 3.51. The molecule has 0 N–H and O–H groups in total. The van der Waals surface area contributed by atoms with Crippen molar-refractivity contribution in [2.45, 2.75) is 0 Å². The van der Waals surface area contributed by atoms with Gasteiger partial charge in [-0.15, -0.1) is 0 Å². The van der Waals surface area contributed by atoms with E-state index in [9.17, 15) is 0 Å². The summed E-state index contributed by atoms with van der Waals surface area (Å²) in [7, 11) is 0. The maximum atomic E-state index is 5.06. The molecule has 0 saturated carbocycles. The van der Waals surface area contributed by atoms with Crippen LogP contribution in [-0.2, 0) is 0 Å². The standard InChI is InChI=1S/C34H22N4/c1-2-8-25(9-3-1)37-30-12-6-4-10-27(30)29-22-36-32-28-11-5-7-13-31(28)38(34(32)33(29)37)26-16-14-23(15-17-26)24-18-20-35-21-19-24/h1-22H. The SMILES string of the molecule is c1ccc(-n2c3ccccc3c3cnc4c5ccccc5n(-c5ccc(-c6ccncc6)cc5)c4c32)cc1. The Morgan fingerprint density at radius 3 is 1.79 bits per heavy atom. The van der Waals surface area contributed by atoms with E-state index in [0.29, 0.717) is 0 Å². The van der Waals surface area contributed by atoms with Crippen LogP contribution in [0.1, 0.15) is 0 Å². The molecule has 0 saturated heterocycles. The fraction of sp³-hybridized carbons (Fsp3) is 0. The Kier molecular flexibility index (Phi) is 4.49. The molecule has 0 aliphatic rings. The molecule has 0 aliphatic carbocycles. The van der Waals surface area contributed by atoms with Gasteiger partial charge in [0.2, 0.25) is 0 Å². The first-order valence-corrected chi connectivity index (χ1v) is 12.8. The first-order chi connectivity index (χ1) is 18.9. The molecule has 0 spiro atoms. The highest BCUT2D eigenvalue weighted by molar-refractivity contribution is 6.22. The molecule has 0 bridgehead atoms.